The molecule has 2 N–H and O–H groups in total. The van der Waals surface area contributed by atoms with E-state index in [0.717, 1.165) is 9.87 Å². The third kappa shape index (κ3) is 5.17. The number of benzene rings is 2. The zero-order valence-corrected chi connectivity index (χ0v) is 19.0. The van der Waals surface area contributed by atoms with Crippen molar-refractivity contribution >= 4 is 39.1 Å². The van der Waals surface area contributed by atoms with Crippen LogP contribution in [0.5, 0.6) is 5.75 Å². The Morgan fingerprint density at radius 3 is 2.58 bits per heavy atom. The van der Waals surface area contributed by atoms with Crippen LogP contribution >= 0.6 is 11.6 Å². The lowest BCUT2D eigenvalue weighted by Gasteiger charge is -2.27. The van der Waals surface area contributed by atoms with E-state index in [0.29, 0.717) is 22.7 Å². The standard InChI is InChI=1S/C21H24ClN3O5S/c1-4-17-21(27)24-16-9-13(2)19(10-18(16)30-17)31(28,29)25(3)12-20(26)23-11-14-5-7-15(22)8-6-14/h5-10,17H,4,11-12H2,1-3H3,(H,23,26)(H,24,27)/t17-/m1/s1. The van der Waals surface area contributed by atoms with Gasteiger partial charge in [-0.05, 0) is 42.7 Å². The number of aryl methyl sites for hydroxylation is 1. The predicted octanol–water partition coefficient (Wildman–Crippen LogP) is 2.69. The van der Waals surface area contributed by atoms with Crippen LogP contribution in [0, 0.1) is 6.92 Å². The molecule has 3 rings (SSSR count). The number of sulfonamides is 1. The van der Waals surface area contributed by atoms with E-state index in [1.54, 1.807) is 44.2 Å². The number of anilines is 1. The van der Waals surface area contributed by atoms with Gasteiger partial charge in [0.1, 0.15) is 5.75 Å². The zero-order valence-electron chi connectivity index (χ0n) is 17.4. The molecule has 2 amide bonds. The highest BCUT2D eigenvalue weighted by Crippen LogP contribution is 2.35. The summed E-state index contributed by atoms with van der Waals surface area (Å²) < 4.78 is 32.8. The van der Waals surface area contributed by atoms with Gasteiger partial charge in [0.25, 0.3) is 5.91 Å². The number of nitrogens with zero attached hydrogens (tertiary/aromatic N) is 1. The van der Waals surface area contributed by atoms with Crippen LogP contribution in [0.15, 0.2) is 41.3 Å². The molecule has 8 nitrogen and oxygen atoms in total. The number of rotatable bonds is 7. The maximum absolute atomic E-state index is 13.1. The number of hydrogen-bond acceptors (Lipinski definition) is 5. The van der Waals surface area contributed by atoms with Crippen LogP contribution in [0.2, 0.25) is 5.02 Å². The molecule has 0 aliphatic carbocycles. The van der Waals surface area contributed by atoms with Crippen LogP contribution in [0.3, 0.4) is 0 Å². The SMILES string of the molecule is CC[C@H]1Oc2cc(S(=O)(=O)N(C)CC(=O)NCc3ccc(Cl)cc3)c(C)cc2NC1=O. The van der Waals surface area contributed by atoms with E-state index in [2.05, 4.69) is 10.6 Å². The first kappa shape index (κ1) is 23.1. The third-order valence-electron chi connectivity index (χ3n) is 4.92. The molecule has 1 atom stereocenters. The summed E-state index contributed by atoms with van der Waals surface area (Å²) in [5, 5.41) is 6.02. The molecule has 10 heteroatoms. The van der Waals surface area contributed by atoms with Gasteiger partial charge in [-0.3, -0.25) is 9.59 Å². The molecule has 0 spiro atoms. The van der Waals surface area contributed by atoms with Crippen molar-refractivity contribution in [1.29, 1.82) is 0 Å². The van der Waals surface area contributed by atoms with E-state index in [1.807, 2.05) is 0 Å². The van der Waals surface area contributed by atoms with Crippen molar-refractivity contribution in [3.05, 3.63) is 52.5 Å². The van der Waals surface area contributed by atoms with Gasteiger partial charge >= 0.3 is 0 Å². The topological polar surface area (TPSA) is 105 Å². The van der Waals surface area contributed by atoms with E-state index >= 15 is 0 Å². The summed E-state index contributed by atoms with van der Waals surface area (Å²) in [6.07, 6.45) is -0.225. The number of hydrogen-bond donors (Lipinski definition) is 2. The fourth-order valence-corrected chi connectivity index (χ4v) is 4.62. The Hall–Kier alpha value is -2.62. The second-order valence-electron chi connectivity index (χ2n) is 7.28. The average Bonchev–Trinajstić information content (AvgIpc) is 2.72. The molecule has 1 aliphatic rings. The Morgan fingerprint density at radius 1 is 1.26 bits per heavy atom. The molecule has 0 fully saturated rings. The minimum Gasteiger partial charge on any atom is -0.478 e. The van der Waals surface area contributed by atoms with Gasteiger partial charge in [0.05, 0.1) is 17.1 Å². The van der Waals surface area contributed by atoms with Gasteiger partial charge in [0.2, 0.25) is 15.9 Å². The highest BCUT2D eigenvalue weighted by atomic mass is 35.5. The van der Waals surface area contributed by atoms with E-state index in [4.69, 9.17) is 16.3 Å². The molecule has 2 aromatic carbocycles. The lowest BCUT2D eigenvalue weighted by molar-refractivity contribution is -0.123. The summed E-state index contributed by atoms with van der Waals surface area (Å²) in [7, 11) is -2.62. The second-order valence-corrected chi connectivity index (χ2v) is 9.73. The molecule has 1 heterocycles. The number of nitrogens with one attached hydrogen (secondary N) is 2. The monoisotopic (exact) mass is 465 g/mol. The molecule has 0 saturated heterocycles. The first-order chi connectivity index (χ1) is 14.6. The lowest BCUT2D eigenvalue weighted by Crippen LogP contribution is -2.39. The molecular formula is C21H24ClN3O5S. The van der Waals surface area contributed by atoms with Crippen molar-refractivity contribution < 1.29 is 22.7 Å². The number of carbonyl (C=O) groups excluding carboxylic acids is 2. The fourth-order valence-electron chi connectivity index (χ4n) is 3.15. The van der Waals surface area contributed by atoms with Crippen LogP contribution in [0.1, 0.15) is 24.5 Å². The van der Waals surface area contributed by atoms with E-state index < -0.39 is 22.0 Å². The third-order valence-corrected chi connectivity index (χ3v) is 7.12. The van der Waals surface area contributed by atoms with Gasteiger partial charge < -0.3 is 15.4 Å². The minimum absolute atomic E-state index is 0.0188. The van der Waals surface area contributed by atoms with Crippen molar-refractivity contribution in [2.75, 3.05) is 18.9 Å². The first-order valence-corrected chi connectivity index (χ1v) is 11.5. The van der Waals surface area contributed by atoms with Gasteiger partial charge in [0, 0.05) is 24.7 Å². The average molecular weight is 466 g/mol. The smallest absolute Gasteiger partial charge is 0.265 e. The van der Waals surface area contributed by atoms with Crippen molar-refractivity contribution in [2.45, 2.75) is 37.8 Å². The molecule has 0 bridgehead atoms. The number of fused-ring (bicyclic) bond motifs is 1. The second kappa shape index (κ2) is 9.25. The van der Waals surface area contributed by atoms with Gasteiger partial charge in [0.15, 0.2) is 6.10 Å². The van der Waals surface area contributed by atoms with Crippen LogP contribution in [0.4, 0.5) is 5.69 Å². The highest BCUT2D eigenvalue weighted by molar-refractivity contribution is 7.89. The molecule has 2 aromatic rings. The van der Waals surface area contributed by atoms with Crippen LogP contribution in [-0.2, 0) is 26.2 Å². The zero-order chi connectivity index (χ0) is 22.8. The van der Waals surface area contributed by atoms with E-state index in [9.17, 15) is 18.0 Å². The number of amides is 2. The molecule has 31 heavy (non-hydrogen) atoms. The van der Waals surface area contributed by atoms with Gasteiger partial charge in [-0.1, -0.05) is 30.7 Å². The molecule has 0 aromatic heterocycles. The normalized spacial score (nSPS) is 15.8. The maximum atomic E-state index is 13.1. The summed E-state index contributed by atoms with van der Waals surface area (Å²) in [4.78, 5) is 24.3. The summed E-state index contributed by atoms with van der Waals surface area (Å²) in [5.74, 6) is -0.415. The Labute approximate surface area is 186 Å². The van der Waals surface area contributed by atoms with Gasteiger partial charge in [-0.15, -0.1) is 0 Å². The van der Waals surface area contributed by atoms with Crippen molar-refractivity contribution in [3.8, 4) is 5.75 Å². The van der Waals surface area contributed by atoms with Crippen molar-refractivity contribution in [1.82, 2.24) is 9.62 Å². The molecule has 0 unspecified atom stereocenters. The predicted molar refractivity (Wildman–Crippen MR) is 118 cm³/mol. The Bertz CT molecular complexity index is 1100. The van der Waals surface area contributed by atoms with Crippen LogP contribution < -0.4 is 15.4 Å². The quantitative estimate of drug-likeness (QED) is 0.654. The van der Waals surface area contributed by atoms with E-state index in [1.165, 1.54) is 13.1 Å². The number of carbonyl (C=O) groups is 2. The fraction of sp³-hybridized carbons (Fsp3) is 0.333. The summed E-state index contributed by atoms with van der Waals surface area (Å²) >= 11 is 5.84. The maximum Gasteiger partial charge on any atom is 0.265 e. The Morgan fingerprint density at radius 2 is 1.94 bits per heavy atom. The van der Waals surface area contributed by atoms with Crippen LogP contribution in [0.25, 0.3) is 0 Å². The number of ether oxygens (including phenoxy) is 1. The van der Waals surface area contributed by atoms with E-state index in [-0.39, 0.29) is 29.6 Å². The molecule has 0 saturated carbocycles. The lowest BCUT2D eigenvalue weighted by atomic mass is 10.1. The van der Waals surface area contributed by atoms with Crippen molar-refractivity contribution in [2.24, 2.45) is 0 Å². The van der Waals surface area contributed by atoms with Gasteiger partial charge in [-0.25, -0.2) is 8.42 Å². The van der Waals surface area contributed by atoms with Gasteiger partial charge in [-0.2, -0.15) is 4.31 Å². The Kier molecular flexibility index (Phi) is 6.88. The number of likely N-dealkylation sites (N-methyl/N-ethyl adjacent to an activating group) is 1. The highest BCUT2D eigenvalue weighted by Gasteiger charge is 2.31. The Balaban J connectivity index is 1.72. The first-order valence-electron chi connectivity index (χ1n) is 9.71. The largest absolute Gasteiger partial charge is 0.478 e. The van der Waals surface area contributed by atoms with Crippen LogP contribution in [-0.4, -0.2) is 44.2 Å². The number of halogens is 1. The molecule has 166 valence electrons. The minimum atomic E-state index is -3.96. The summed E-state index contributed by atoms with van der Waals surface area (Å²) in [5.41, 5.74) is 1.71. The molecular weight excluding hydrogens is 442 g/mol. The summed E-state index contributed by atoms with van der Waals surface area (Å²) in [6, 6.07) is 9.94. The molecule has 0 radical (unpaired) electrons. The molecule has 1 aliphatic heterocycles. The van der Waals surface area contributed by atoms with Crippen molar-refractivity contribution in [3.63, 3.8) is 0 Å². The summed E-state index contributed by atoms with van der Waals surface area (Å²) in [6.45, 7) is 3.34.